The second-order valence-electron chi connectivity index (χ2n) is 4.74. The van der Waals surface area contributed by atoms with Crippen LogP contribution in [0.2, 0.25) is 0 Å². The molecular weight excluding hydrogens is 337 g/mol. The molecule has 0 aliphatic carbocycles. The van der Waals surface area contributed by atoms with Crippen LogP contribution >= 0.6 is 0 Å². The van der Waals surface area contributed by atoms with E-state index in [4.69, 9.17) is 0 Å². The monoisotopic (exact) mass is 354 g/mol. The number of rotatable bonds is 7. The van der Waals surface area contributed by atoms with E-state index < -0.39 is 28.7 Å². The van der Waals surface area contributed by atoms with E-state index in [2.05, 4.69) is 10.1 Å². The summed E-state index contributed by atoms with van der Waals surface area (Å²) < 4.78 is 64.6. The molecule has 0 heterocycles. The molecule has 0 bridgehead atoms. The topological polar surface area (TPSA) is 75.7 Å². The lowest BCUT2D eigenvalue weighted by atomic mass is 10.2. The van der Waals surface area contributed by atoms with Crippen LogP contribution in [0.4, 0.5) is 13.2 Å². The standard InChI is InChI=1S/C13H17F3N2O4S/c1-18(2)23(20,21)11-5-3-10(4-6-11)12(19)17-7-8-22-9-13(14,15)16/h3-6H,7-9H2,1-2H3,(H,17,19). The number of benzene rings is 1. The number of ether oxygens (including phenoxy) is 1. The Morgan fingerprint density at radius 2 is 1.78 bits per heavy atom. The number of amides is 1. The van der Waals surface area contributed by atoms with Gasteiger partial charge in [0.2, 0.25) is 10.0 Å². The maximum Gasteiger partial charge on any atom is 0.411 e. The van der Waals surface area contributed by atoms with Crippen molar-refractivity contribution >= 4 is 15.9 Å². The summed E-state index contributed by atoms with van der Waals surface area (Å²) in [5.41, 5.74) is 0.193. The molecule has 10 heteroatoms. The Labute approximate surface area is 132 Å². The van der Waals surface area contributed by atoms with Gasteiger partial charge in [0, 0.05) is 26.2 Å². The zero-order chi connectivity index (χ0) is 17.7. The van der Waals surface area contributed by atoms with E-state index >= 15 is 0 Å². The molecule has 0 saturated carbocycles. The first kappa shape index (κ1) is 19.4. The van der Waals surface area contributed by atoms with Gasteiger partial charge in [-0.1, -0.05) is 0 Å². The summed E-state index contributed by atoms with van der Waals surface area (Å²) in [6.07, 6.45) is -4.40. The van der Waals surface area contributed by atoms with Gasteiger partial charge in [-0.05, 0) is 24.3 Å². The lowest BCUT2D eigenvalue weighted by molar-refractivity contribution is -0.173. The molecule has 6 nitrogen and oxygen atoms in total. The molecule has 1 amide bonds. The highest BCUT2D eigenvalue weighted by Gasteiger charge is 2.27. The van der Waals surface area contributed by atoms with Crippen LogP contribution in [0.3, 0.4) is 0 Å². The minimum absolute atomic E-state index is 0.0348. The van der Waals surface area contributed by atoms with Gasteiger partial charge in [-0.3, -0.25) is 4.79 Å². The Morgan fingerprint density at radius 1 is 1.22 bits per heavy atom. The number of carbonyl (C=O) groups is 1. The van der Waals surface area contributed by atoms with Crippen LogP contribution in [-0.2, 0) is 14.8 Å². The number of hydrogen-bond acceptors (Lipinski definition) is 4. The first-order valence-electron chi connectivity index (χ1n) is 6.49. The normalized spacial score (nSPS) is 12.4. The average molecular weight is 354 g/mol. The Bertz CT molecular complexity index is 628. The zero-order valence-electron chi connectivity index (χ0n) is 12.6. The van der Waals surface area contributed by atoms with Gasteiger partial charge in [0.25, 0.3) is 5.91 Å². The van der Waals surface area contributed by atoms with Crippen molar-refractivity contribution in [1.29, 1.82) is 0 Å². The number of hydrogen-bond donors (Lipinski definition) is 1. The average Bonchev–Trinajstić information content (AvgIpc) is 2.45. The van der Waals surface area contributed by atoms with Gasteiger partial charge in [-0.15, -0.1) is 0 Å². The van der Waals surface area contributed by atoms with E-state index in [0.717, 1.165) is 4.31 Å². The number of alkyl halides is 3. The number of sulfonamides is 1. The molecule has 0 atom stereocenters. The number of nitrogens with one attached hydrogen (secondary N) is 1. The SMILES string of the molecule is CN(C)S(=O)(=O)c1ccc(C(=O)NCCOCC(F)(F)F)cc1. The fourth-order valence-electron chi connectivity index (χ4n) is 1.52. The Hall–Kier alpha value is -1.65. The third-order valence-corrected chi connectivity index (χ3v) is 4.52. The Kier molecular flexibility index (Phi) is 6.54. The Morgan fingerprint density at radius 3 is 2.26 bits per heavy atom. The molecule has 0 aliphatic rings. The van der Waals surface area contributed by atoms with Crippen molar-refractivity contribution in [2.45, 2.75) is 11.1 Å². The molecular formula is C13H17F3N2O4S. The lowest BCUT2D eigenvalue weighted by Crippen LogP contribution is -2.29. The van der Waals surface area contributed by atoms with E-state index in [-0.39, 0.29) is 23.6 Å². The molecule has 1 rings (SSSR count). The highest BCUT2D eigenvalue weighted by Crippen LogP contribution is 2.15. The van der Waals surface area contributed by atoms with E-state index in [1.54, 1.807) is 0 Å². The molecule has 0 aliphatic heterocycles. The van der Waals surface area contributed by atoms with Crippen LogP contribution in [0.5, 0.6) is 0 Å². The van der Waals surface area contributed by atoms with Gasteiger partial charge >= 0.3 is 6.18 Å². The minimum Gasteiger partial charge on any atom is -0.370 e. The van der Waals surface area contributed by atoms with Crippen LogP contribution in [0.25, 0.3) is 0 Å². The highest BCUT2D eigenvalue weighted by molar-refractivity contribution is 7.89. The summed E-state index contributed by atoms with van der Waals surface area (Å²) in [5, 5.41) is 2.38. The molecule has 0 radical (unpaired) electrons. The first-order chi connectivity index (χ1) is 10.5. The fourth-order valence-corrected chi connectivity index (χ4v) is 2.42. The molecule has 0 aromatic heterocycles. The van der Waals surface area contributed by atoms with Crippen molar-refractivity contribution in [2.75, 3.05) is 33.9 Å². The van der Waals surface area contributed by atoms with Gasteiger partial charge < -0.3 is 10.1 Å². The first-order valence-corrected chi connectivity index (χ1v) is 7.93. The quantitative estimate of drug-likeness (QED) is 0.748. The van der Waals surface area contributed by atoms with Gasteiger partial charge in [-0.2, -0.15) is 13.2 Å². The van der Waals surface area contributed by atoms with E-state index in [1.807, 2.05) is 0 Å². The summed E-state index contributed by atoms with van der Waals surface area (Å²) >= 11 is 0. The van der Waals surface area contributed by atoms with Gasteiger partial charge in [0.1, 0.15) is 6.61 Å². The predicted molar refractivity (Wildman–Crippen MR) is 76.5 cm³/mol. The van der Waals surface area contributed by atoms with Crippen molar-refractivity contribution in [2.24, 2.45) is 0 Å². The second-order valence-corrected chi connectivity index (χ2v) is 6.89. The molecule has 0 spiro atoms. The van der Waals surface area contributed by atoms with Crippen molar-refractivity contribution in [3.05, 3.63) is 29.8 Å². The fraction of sp³-hybridized carbons (Fsp3) is 0.462. The third-order valence-electron chi connectivity index (χ3n) is 2.69. The summed E-state index contributed by atoms with van der Waals surface area (Å²) in [7, 11) is -0.811. The summed E-state index contributed by atoms with van der Waals surface area (Å²) in [6.45, 7) is -1.75. The van der Waals surface area contributed by atoms with Crippen LogP contribution in [0.15, 0.2) is 29.2 Å². The third kappa shape index (κ3) is 6.16. The van der Waals surface area contributed by atoms with Crippen LogP contribution < -0.4 is 5.32 Å². The molecule has 0 unspecified atom stereocenters. The van der Waals surface area contributed by atoms with Crippen LogP contribution in [-0.4, -0.2) is 58.7 Å². The Balaban J connectivity index is 2.52. The van der Waals surface area contributed by atoms with Crippen molar-refractivity contribution in [1.82, 2.24) is 9.62 Å². The largest absolute Gasteiger partial charge is 0.411 e. The van der Waals surface area contributed by atoms with E-state index in [9.17, 15) is 26.4 Å². The summed E-state index contributed by atoms with van der Waals surface area (Å²) in [5.74, 6) is -0.533. The van der Waals surface area contributed by atoms with Crippen molar-refractivity contribution < 1.29 is 31.1 Å². The summed E-state index contributed by atoms with van der Waals surface area (Å²) in [6, 6.07) is 5.21. The summed E-state index contributed by atoms with van der Waals surface area (Å²) in [4.78, 5) is 11.8. The van der Waals surface area contributed by atoms with E-state index in [0.29, 0.717) is 0 Å². The molecule has 0 fully saturated rings. The molecule has 0 saturated heterocycles. The van der Waals surface area contributed by atoms with Gasteiger partial charge in [-0.25, -0.2) is 12.7 Å². The number of halogens is 3. The minimum atomic E-state index is -4.40. The van der Waals surface area contributed by atoms with E-state index in [1.165, 1.54) is 38.4 Å². The number of nitrogens with zero attached hydrogens (tertiary/aromatic N) is 1. The number of carbonyl (C=O) groups excluding carboxylic acids is 1. The molecule has 1 aromatic carbocycles. The van der Waals surface area contributed by atoms with Gasteiger partial charge in [0.05, 0.1) is 11.5 Å². The predicted octanol–water partition coefficient (Wildman–Crippen LogP) is 1.25. The maximum absolute atomic E-state index is 11.9. The van der Waals surface area contributed by atoms with Crippen LogP contribution in [0.1, 0.15) is 10.4 Å². The molecule has 130 valence electrons. The smallest absolute Gasteiger partial charge is 0.370 e. The zero-order valence-corrected chi connectivity index (χ0v) is 13.4. The van der Waals surface area contributed by atoms with Gasteiger partial charge in [0.15, 0.2) is 0 Å². The highest BCUT2D eigenvalue weighted by atomic mass is 32.2. The lowest BCUT2D eigenvalue weighted by Gasteiger charge is -2.12. The second kappa shape index (κ2) is 7.75. The van der Waals surface area contributed by atoms with Crippen molar-refractivity contribution in [3.8, 4) is 0 Å². The van der Waals surface area contributed by atoms with Crippen molar-refractivity contribution in [3.63, 3.8) is 0 Å². The van der Waals surface area contributed by atoms with Crippen LogP contribution in [0, 0.1) is 0 Å². The molecule has 23 heavy (non-hydrogen) atoms. The molecule has 1 N–H and O–H groups in total. The maximum atomic E-state index is 11.9. The molecule has 1 aromatic rings.